The molecule has 0 aromatic heterocycles. The number of piperidine rings is 1. The van der Waals surface area contributed by atoms with Crippen molar-refractivity contribution in [2.45, 2.75) is 58.4 Å². The molecule has 1 saturated carbocycles. The standard InChI is InChI=1S/C15H28N2O3S/c1-3-21(19,20)17-9-7-13(8-10-17)15(18)16-14-6-4-5-12(2)11-14/h12-14H,3-11H2,1-2H3,(H,16,18). The summed E-state index contributed by atoms with van der Waals surface area (Å²) in [6.45, 7) is 4.87. The van der Waals surface area contributed by atoms with E-state index >= 15 is 0 Å². The van der Waals surface area contributed by atoms with Crippen LogP contribution in [-0.4, -0.2) is 43.5 Å². The molecule has 1 N–H and O–H groups in total. The van der Waals surface area contributed by atoms with E-state index in [2.05, 4.69) is 12.2 Å². The molecule has 1 heterocycles. The quantitative estimate of drug-likeness (QED) is 0.859. The molecule has 0 aromatic carbocycles. The van der Waals surface area contributed by atoms with Gasteiger partial charge in [-0.05, 0) is 38.5 Å². The summed E-state index contributed by atoms with van der Waals surface area (Å²) < 4.78 is 25.1. The number of nitrogens with one attached hydrogen (secondary N) is 1. The fraction of sp³-hybridized carbons (Fsp3) is 0.933. The lowest BCUT2D eigenvalue weighted by Gasteiger charge is -2.33. The van der Waals surface area contributed by atoms with Crippen LogP contribution in [0, 0.1) is 11.8 Å². The van der Waals surface area contributed by atoms with Crippen LogP contribution in [-0.2, 0) is 14.8 Å². The fourth-order valence-corrected chi connectivity index (χ4v) is 4.60. The van der Waals surface area contributed by atoms with Crippen LogP contribution in [0.1, 0.15) is 52.4 Å². The molecule has 1 saturated heterocycles. The monoisotopic (exact) mass is 316 g/mol. The normalized spacial score (nSPS) is 29.2. The Morgan fingerprint density at radius 3 is 2.43 bits per heavy atom. The van der Waals surface area contributed by atoms with Gasteiger partial charge < -0.3 is 5.32 Å². The van der Waals surface area contributed by atoms with E-state index in [4.69, 9.17) is 0 Å². The zero-order valence-electron chi connectivity index (χ0n) is 13.2. The summed E-state index contributed by atoms with van der Waals surface area (Å²) in [6, 6.07) is 0.318. The zero-order chi connectivity index (χ0) is 15.5. The van der Waals surface area contributed by atoms with Crippen molar-refractivity contribution in [2.75, 3.05) is 18.8 Å². The van der Waals surface area contributed by atoms with Crippen LogP contribution in [0.2, 0.25) is 0 Å². The van der Waals surface area contributed by atoms with E-state index in [0.29, 0.717) is 37.9 Å². The lowest BCUT2D eigenvalue weighted by atomic mass is 9.86. The molecule has 0 bridgehead atoms. The minimum absolute atomic E-state index is 0.0226. The van der Waals surface area contributed by atoms with Gasteiger partial charge in [-0.15, -0.1) is 0 Å². The minimum atomic E-state index is -3.10. The Labute approximate surface area is 128 Å². The molecule has 2 fully saturated rings. The van der Waals surface area contributed by atoms with E-state index in [-0.39, 0.29) is 17.6 Å². The first-order valence-corrected chi connectivity index (χ1v) is 9.81. The topological polar surface area (TPSA) is 66.5 Å². The smallest absolute Gasteiger partial charge is 0.223 e. The number of sulfonamides is 1. The lowest BCUT2D eigenvalue weighted by Crippen LogP contribution is -2.46. The SMILES string of the molecule is CCS(=O)(=O)N1CCC(C(=O)NC2CCCC(C)C2)CC1. The number of hydrogen-bond acceptors (Lipinski definition) is 3. The molecule has 0 spiro atoms. The van der Waals surface area contributed by atoms with Crippen LogP contribution >= 0.6 is 0 Å². The molecule has 1 aliphatic heterocycles. The zero-order valence-corrected chi connectivity index (χ0v) is 14.0. The highest BCUT2D eigenvalue weighted by molar-refractivity contribution is 7.89. The summed E-state index contributed by atoms with van der Waals surface area (Å²) in [5.74, 6) is 0.942. The molecule has 2 aliphatic rings. The van der Waals surface area contributed by atoms with Crippen molar-refractivity contribution in [2.24, 2.45) is 11.8 Å². The van der Waals surface area contributed by atoms with Crippen molar-refractivity contribution in [3.8, 4) is 0 Å². The second-order valence-electron chi connectivity index (χ2n) is 6.55. The molecule has 1 aliphatic carbocycles. The molecule has 0 radical (unpaired) electrons. The Morgan fingerprint density at radius 2 is 1.86 bits per heavy atom. The molecule has 0 aromatic rings. The maximum absolute atomic E-state index is 12.3. The van der Waals surface area contributed by atoms with Gasteiger partial charge in [-0.25, -0.2) is 12.7 Å². The van der Waals surface area contributed by atoms with Crippen LogP contribution in [0.15, 0.2) is 0 Å². The lowest BCUT2D eigenvalue weighted by molar-refractivity contribution is -0.127. The van der Waals surface area contributed by atoms with Gasteiger partial charge in [0.05, 0.1) is 5.75 Å². The highest BCUT2D eigenvalue weighted by Crippen LogP contribution is 2.25. The molecule has 6 heteroatoms. The predicted octanol–water partition coefficient (Wildman–Crippen LogP) is 1.74. The Balaban J connectivity index is 1.80. The van der Waals surface area contributed by atoms with E-state index in [1.165, 1.54) is 17.1 Å². The van der Waals surface area contributed by atoms with Crippen LogP contribution in [0.5, 0.6) is 0 Å². The van der Waals surface area contributed by atoms with Crippen molar-refractivity contribution < 1.29 is 13.2 Å². The highest BCUT2D eigenvalue weighted by atomic mass is 32.2. The summed E-state index contributed by atoms with van der Waals surface area (Å²) in [7, 11) is -3.10. The first kappa shape index (κ1) is 16.7. The van der Waals surface area contributed by atoms with E-state index in [1.54, 1.807) is 6.92 Å². The van der Waals surface area contributed by atoms with Crippen LogP contribution in [0.4, 0.5) is 0 Å². The van der Waals surface area contributed by atoms with Gasteiger partial charge in [-0.3, -0.25) is 4.79 Å². The number of nitrogens with zero attached hydrogens (tertiary/aromatic N) is 1. The number of rotatable bonds is 4. The largest absolute Gasteiger partial charge is 0.353 e. The fourth-order valence-electron chi connectivity index (χ4n) is 3.46. The highest BCUT2D eigenvalue weighted by Gasteiger charge is 2.31. The Kier molecular flexibility index (Phi) is 5.66. The Bertz CT molecular complexity index is 456. The van der Waals surface area contributed by atoms with Crippen molar-refractivity contribution in [1.82, 2.24) is 9.62 Å². The Morgan fingerprint density at radius 1 is 1.19 bits per heavy atom. The molecule has 2 atom stereocenters. The number of amides is 1. The van der Waals surface area contributed by atoms with Gasteiger partial charge in [0.2, 0.25) is 15.9 Å². The summed E-state index contributed by atoms with van der Waals surface area (Å²) >= 11 is 0. The van der Waals surface area contributed by atoms with Crippen molar-refractivity contribution in [1.29, 1.82) is 0 Å². The van der Waals surface area contributed by atoms with Crippen molar-refractivity contribution >= 4 is 15.9 Å². The van der Waals surface area contributed by atoms with Gasteiger partial charge in [0.25, 0.3) is 0 Å². The van der Waals surface area contributed by atoms with Gasteiger partial charge in [0.1, 0.15) is 0 Å². The van der Waals surface area contributed by atoms with Gasteiger partial charge in [0.15, 0.2) is 0 Å². The van der Waals surface area contributed by atoms with E-state index in [1.807, 2.05) is 0 Å². The first-order valence-electron chi connectivity index (χ1n) is 8.20. The molecule has 21 heavy (non-hydrogen) atoms. The van der Waals surface area contributed by atoms with Gasteiger partial charge in [0, 0.05) is 25.0 Å². The summed E-state index contributed by atoms with van der Waals surface area (Å²) in [4.78, 5) is 12.3. The van der Waals surface area contributed by atoms with Crippen LogP contribution < -0.4 is 5.32 Å². The average Bonchev–Trinajstić information content (AvgIpc) is 2.47. The van der Waals surface area contributed by atoms with E-state index in [9.17, 15) is 13.2 Å². The summed E-state index contributed by atoms with van der Waals surface area (Å²) in [6.07, 6.45) is 5.91. The molecule has 122 valence electrons. The van der Waals surface area contributed by atoms with Crippen molar-refractivity contribution in [3.05, 3.63) is 0 Å². The van der Waals surface area contributed by atoms with E-state index < -0.39 is 10.0 Å². The molecular weight excluding hydrogens is 288 g/mol. The molecule has 5 nitrogen and oxygen atoms in total. The first-order chi connectivity index (χ1) is 9.92. The minimum Gasteiger partial charge on any atom is -0.353 e. The van der Waals surface area contributed by atoms with Gasteiger partial charge in [-0.1, -0.05) is 19.8 Å². The third-order valence-electron chi connectivity index (χ3n) is 4.87. The van der Waals surface area contributed by atoms with Gasteiger partial charge in [-0.2, -0.15) is 0 Å². The molecule has 2 unspecified atom stereocenters. The van der Waals surface area contributed by atoms with Crippen LogP contribution in [0.3, 0.4) is 0 Å². The number of carbonyl (C=O) groups is 1. The Hall–Kier alpha value is -0.620. The third kappa shape index (κ3) is 4.42. The average molecular weight is 316 g/mol. The van der Waals surface area contributed by atoms with Gasteiger partial charge >= 0.3 is 0 Å². The van der Waals surface area contributed by atoms with Crippen molar-refractivity contribution in [3.63, 3.8) is 0 Å². The number of hydrogen-bond donors (Lipinski definition) is 1. The third-order valence-corrected chi connectivity index (χ3v) is 6.75. The summed E-state index contributed by atoms with van der Waals surface area (Å²) in [5.41, 5.74) is 0. The van der Waals surface area contributed by atoms with E-state index in [0.717, 1.165) is 12.8 Å². The maximum atomic E-state index is 12.3. The second kappa shape index (κ2) is 7.09. The second-order valence-corrected chi connectivity index (χ2v) is 8.81. The predicted molar refractivity (Wildman–Crippen MR) is 83.3 cm³/mol. The van der Waals surface area contributed by atoms with Crippen LogP contribution in [0.25, 0.3) is 0 Å². The number of carbonyl (C=O) groups excluding carboxylic acids is 1. The molecular formula is C15H28N2O3S. The maximum Gasteiger partial charge on any atom is 0.223 e. The summed E-state index contributed by atoms with van der Waals surface area (Å²) in [5, 5.41) is 3.18. The molecule has 1 amide bonds. The molecule has 2 rings (SSSR count).